The monoisotopic (exact) mass is 825 g/mol. The summed E-state index contributed by atoms with van der Waals surface area (Å²) < 4.78 is 29.9. The first-order valence-corrected chi connectivity index (χ1v) is 28.4. The zero-order valence-electron chi connectivity index (χ0n) is 40.3. The van der Waals surface area contributed by atoms with Crippen LogP contribution in [0.3, 0.4) is 0 Å². The molecule has 0 bridgehead atoms. The van der Waals surface area contributed by atoms with E-state index >= 15 is 0 Å². The van der Waals surface area contributed by atoms with Crippen molar-refractivity contribution in [3.8, 4) is 0 Å². The van der Waals surface area contributed by atoms with Crippen LogP contribution in [0.25, 0.3) is 0 Å². The first-order valence-electron chi connectivity index (χ1n) is 26.6. The van der Waals surface area contributed by atoms with Crippen LogP contribution in [0.5, 0.6) is 0 Å². The lowest BCUT2D eigenvalue weighted by Gasteiger charge is -2.20. The minimum atomic E-state index is -3.42. The predicted octanol–water partition coefficient (Wildman–Crippen LogP) is 19.1. The van der Waals surface area contributed by atoms with E-state index in [4.69, 9.17) is 4.18 Å². The molecule has 0 amide bonds. The third-order valence-corrected chi connectivity index (χ3v) is 13.7. The largest absolute Gasteiger partial charge is 0.267 e. The van der Waals surface area contributed by atoms with Gasteiger partial charge in [-0.1, -0.05) is 291 Å². The van der Waals surface area contributed by atoms with Crippen LogP contribution in [0, 0.1) is 17.8 Å². The quantitative estimate of drug-likeness (QED) is 0.0453. The Balaban J connectivity index is 4.43. The lowest BCUT2D eigenvalue weighted by Crippen LogP contribution is -2.19. The molecule has 0 saturated carbocycles. The Morgan fingerprint density at radius 3 is 0.947 bits per heavy atom. The van der Waals surface area contributed by atoms with Crippen LogP contribution < -0.4 is 0 Å². The standard InChI is InChI=1S/C53H108O3S/c1-7-9-11-13-15-17-19-21-23-25-27-29-31-33-35-37-44-52(45-38-36-34-32-30-28-26-24-22-20-18-16-14-12-10-8-2)46-39-40-47-53(56-57(6,54)55)49-48-51(5)43-41-42-50(3)4/h50-53H,7-49H2,1-6H3. The molecule has 0 aliphatic heterocycles. The van der Waals surface area contributed by atoms with E-state index in [9.17, 15) is 8.42 Å². The van der Waals surface area contributed by atoms with Gasteiger partial charge in [0.1, 0.15) is 0 Å². The lowest BCUT2D eigenvalue weighted by atomic mass is 9.89. The van der Waals surface area contributed by atoms with Crippen LogP contribution >= 0.6 is 0 Å². The minimum Gasteiger partial charge on any atom is -0.267 e. The van der Waals surface area contributed by atoms with Crippen molar-refractivity contribution in [1.29, 1.82) is 0 Å². The summed E-state index contributed by atoms with van der Waals surface area (Å²) in [6.07, 6.45) is 60.0. The third-order valence-electron chi connectivity index (χ3n) is 13.1. The Labute approximate surface area is 362 Å². The molecule has 57 heavy (non-hydrogen) atoms. The van der Waals surface area contributed by atoms with E-state index in [1.807, 2.05) is 0 Å². The van der Waals surface area contributed by atoms with Crippen molar-refractivity contribution in [2.24, 2.45) is 17.8 Å². The highest BCUT2D eigenvalue weighted by molar-refractivity contribution is 7.86. The van der Waals surface area contributed by atoms with E-state index in [-0.39, 0.29) is 6.10 Å². The van der Waals surface area contributed by atoms with E-state index < -0.39 is 10.1 Å². The molecule has 0 aromatic carbocycles. The van der Waals surface area contributed by atoms with Crippen LogP contribution in [0.2, 0.25) is 0 Å². The topological polar surface area (TPSA) is 43.4 Å². The molecule has 344 valence electrons. The molecule has 3 nitrogen and oxygen atoms in total. The van der Waals surface area contributed by atoms with Crippen LogP contribution in [0.1, 0.15) is 311 Å². The summed E-state index contributed by atoms with van der Waals surface area (Å²) in [7, 11) is -3.42. The maximum Gasteiger partial charge on any atom is 0.264 e. The Bertz CT molecular complexity index is 833. The number of hydrogen-bond donors (Lipinski definition) is 0. The second-order valence-corrected chi connectivity index (χ2v) is 21.4. The Hall–Kier alpha value is -0.0900. The maximum absolute atomic E-state index is 12.1. The fourth-order valence-electron chi connectivity index (χ4n) is 9.18. The predicted molar refractivity (Wildman–Crippen MR) is 257 cm³/mol. The van der Waals surface area contributed by atoms with Crippen molar-refractivity contribution in [1.82, 2.24) is 0 Å². The molecule has 0 N–H and O–H groups in total. The number of rotatable bonds is 48. The highest BCUT2D eigenvalue weighted by Crippen LogP contribution is 2.27. The molecular formula is C53H108O3S. The van der Waals surface area contributed by atoms with Crippen molar-refractivity contribution in [3.05, 3.63) is 0 Å². The van der Waals surface area contributed by atoms with Crippen LogP contribution in [0.4, 0.5) is 0 Å². The summed E-state index contributed by atoms with van der Waals surface area (Å²) in [4.78, 5) is 0. The molecule has 0 aliphatic rings. The SMILES string of the molecule is CCCCCCCCCCCCCCCCCCC(CCCCCCCCCCCCCCCCCC)CCCCC(CCC(C)CCCC(C)C)OS(C)(=O)=O. The molecule has 2 atom stereocenters. The lowest BCUT2D eigenvalue weighted by molar-refractivity contribution is 0.174. The summed E-state index contributed by atoms with van der Waals surface area (Å²) in [5.74, 6) is 2.24. The summed E-state index contributed by atoms with van der Waals surface area (Å²) in [5, 5.41) is 0. The summed E-state index contributed by atoms with van der Waals surface area (Å²) in [6, 6.07) is 0. The van der Waals surface area contributed by atoms with Crippen molar-refractivity contribution >= 4 is 10.1 Å². The van der Waals surface area contributed by atoms with Crippen LogP contribution in [-0.4, -0.2) is 20.8 Å². The van der Waals surface area contributed by atoms with E-state index in [1.165, 1.54) is 257 Å². The molecular weight excluding hydrogens is 717 g/mol. The highest BCUT2D eigenvalue weighted by atomic mass is 32.2. The van der Waals surface area contributed by atoms with Crippen molar-refractivity contribution in [2.75, 3.05) is 6.26 Å². The second-order valence-electron chi connectivity index (χ2n) is 19.8. The summed E-state index contributed by atoms with van der Waals surface area (Å²) in [5.41, 5.74) is 0. The Kier molecular flexibility index (Phi) is 43.9. The van der Waals surface area contributed by atoms with Gasteiger partial charge in [-0.3, -0.25) is 4.18 Å². The van der Waals surface area contributed by atoms with E-state index in [2.05, 4.69) is 34.6 Å². The van der Waals surface area contributed by atoms with Gasteiger partial charge in [-0.05, 0) is 37.0 Å². The molecule has 0 aromatic heterocycles. The minimum absolute atomic E-state index is 0.147. The van der Waals surface area contributed by atoms with Gasteiger partial charge in [0.2, 0.25) is 0 Å². The molecule has 0 spiro atoms. The molecule has 0 saturated heterocycles. The molecule has 0 radical (unpaired) electrons. The van der Waals surface area contributed by atoms with Crippen molar-refractivity contribution in [3.63, 3.8) is 0 Å². The third kappa shape index (κ3) is 46.8. The molecule has 0 rings (SSSR count). The fraction of sp³-hybridized carbons (Fsp3) is 1.00. The average molecular weight is 826 g/mol. The van der Waals surface area contributed by atoms with Gasteiger partial charge >= 0.3 is 0 Å². The van der Waals surface area contributed by atoms with Gasteiger partial charge < -0.3 is 0 Å². The van der Waals surface area contributed by atoms with Gasteiger partial charge in [-0.25, -0.2) is 0 Å². The molecule has 2 unspecified atom stereocenters. The second kappa shape index (κ2) is 44.0. The average Bonchev–Trinajstić information content (AvgIpc) is 3.17. The molecule has 0 aromatic rings. The maximum atomic E-state index is 12.1. The van der Waals surface area contributed by atoms with E-state index in [0.29, 0.717) is 5.92 Å². The summed E-state index contributed by atoms with van der Waals surface area (Å²) in [6.45, 7) is 11.5. The van der Waals surface area contributed by atoms with Gasteiger partial charge in [-0.2, -0.15) is 8.42 Å². The van der Waals surface area contributed by atoms with Crippen LogP contribution in [0.15, 0.2) is 0 Å². The normalized spacial score (nSPS) is 13.3. The van der Waals surface area contributed by atoms with Gasteiger partial charge in [0, 0.05) is 0 Å². The van der Waals surface area contributed by atoms with Gasteiger partial charge in [-0.15, -0.1) is 0 Å². The van der Waals surface area contributed by atoms with Gasteiger partial charge in [0.15, 0.2) is 0 Å². The Morgan fingerprint density at radius 2 is 0.632 bits per heavy atom. The number of unbranched alkanes of at least 4 members (excludes halogenated alkanes) is 31. The zero-order valence-corrected chi connectivity index (χ0v) is 41.2. The molecule has 0 aliphatic carbocycles. The van der Waals surface area contributed by atoms with Gasteiger partial charge in [0.05, 0.1) is 12.4 Å². The van der Waals surface area contributed by atoms with E-state index in [0.717, 1.165) is 37.5 Å². The van der Waals surface area contributed by atoms with Crippen LogP contribution in [-0.2, 0) is 14.3 Å². The summed E-state index contributed by atoms with van der Waals surface area (Å²) >= 11 is 0. The van der Waals surface area contributed by atoms with Gasteiger partial charge in [0.25, 0.3) is 10.1 Å². The zero-order chi connectivity index (χ0) is 41.9. The Morgan fingerprint density at radius 1 is 0.333 bits per heavy atom. The van der Waals surface area contributed by atoms with Crippen molar-refractivity contribution < 1.29 is 12.6 Å². The molecule has 0 heterocycles. The molecule has 4 heteroatoms. The highest BCUT2D eigenvalue weighted by Gasteiger charge is 2.18. The van der Waals surface area contributed by atoms with Crippen molar-refractivity contribution in [2.45, 2.75) is 317 Å². The fourth-order valence-corrected chi connectivity index (χ4v) is 9.86. The first-order chi connectivity index (χ1) is 27.7. The van der Waals surface area contributed by atoms with E-state index in [1.54, 1.807) is 0 Å². The smallest absolute Gasteiger partial charge is 0.264 e. The first kappa shape index (κ1) is 56.9. The molecule has 0 fully saturated rings. The number of hydrogen-bond acceptors (Lipinski definition) is 3.